The fourth-order valence-electron chi connectivity index (χ4n) is 1.32. The van der Waals surface area contributed by atoms with Crippen LogP contribution in [-0.4, -0.2) is 43.0 Å². The Hall–Kier alpha value is -0.810. The number of nitrogens with one attached hydrogen (secondary N) is 2. The number of urea groups is 1. The van der Waals surface area contributed by atoms with Crippen molar-refractivity contribution in [2.75, 3.05) is 19.8 Å². The number of rotatable bonds is 3. The van der Waals surface area contributed by atoms with Crippen molar-refractivity contribution < 1.29 is 14.6 Å². The third kappa shape index (κ3) is 4.43. The van der Waals surface area contributed by atoms with E-state index in [-0.39, 0.29) is 18.6 Å². The van der Waals surface area contributed by atoms with Crippen LogP contribution in [0.5, 0.6) is 0 Å². The lowest BCUT2D eigenvalue weighted by Crippen LogP contribution is -2.46. The van der Waals surface area contributed by atoms with Crippen LogP contribution >= 0.6 is 0 Å². The van der Waals surface area contributed by atoms with Crippen LogP contribution in [0.3, 0.4) is 0 Å². The Morgan fingerprint density at radius 2 is 2.21 bits per heavy atom. The Balaban J connectivity index is 2.12. The van der Waals surface area contributed by atoms with Gasteiger partial charge >= 0.3 is 6.03 Å². The van der Waals surface area contributed by atoms with Gasteiger partial charge in [0.25, 0.3) is 0 Å². The summed E-state index contributed by atoms with van der Waals surface area (Å²) in [6.07, 6.45) is 1.22. The molecule has 3 N–H and O–H groups in total. The summed E-state index contributed by atoms with van der Waals surface area (Å²) < 4.78 is 5.17. The van der Waals surface area contributed by atoms with E-state index in [4.69, 9.17) is 9.84 Å². The number of hydrogen-bond donors (Lipinski definition) is 3. The molecule has 0 bridgehead atoms. The van der Waals surface area contributed by atoms with Gasteiger partial charge < -0.3 is 20.5 Å². The summed E-state index contributed by atoms with van der Waals surface area (Å²) in [7, 11) is 0. The lowest BCUT2D eigenvalue weighted by Gasteiger charge is -2.23. The first-order valence-electron chi connectivity index (χ1n) is 4.98. The molecule has 5 heteroatoms. The van der Waals surface area contributed by atoms with Gasteiger partial charge in [-0.15, -0.1) is 0 Å². The first-order valence-corrected chi connectivity index (χ1v) is 4.98. The molecular formula is C9H18N2O3. The first-order chi connectivity index (χ1) is 6.68. The van der Waals surface area contributed by atoms with E-state index in [9.17, 15) is 4.79 Å². The molecule has 5 nitrogen and oxygen atoms in total. The molecule has 1 heterocycles. The second kappa shape index (κ2) is 5.82. The van der Waals surface area contributed by atoms with E-state index in [1.807, 2.05) is 0 Å². The number of carbonyl (C=O) groups excluding carboxylic acids is 1. The van der Waals surface area contributed by atoms with Crippen molar-refractivity contribution in [1.29, 1.82) is 0 Å². The summed E-state index contributed by atoms with van der Waals surface area (Å²) >= 11 is 0. The van der Waals surface area contributed by atoms with Crippen LogP contribution in [0.2, 0.25) is 0 Å². The minimum atomic E-state index is -0.504. The maximum atomic E-state index is 11.2. The van der Waals surface area contributed by atoms with Crippen molar-refractivity contribution in [3.8, 4) is 0 Å². The van der Waals surface area contributed by atoms with Gasteiger partial charge in [0, 0.05) is 25.8 Å². The first kappa shape index (κ1) is 11.3. The monoisotopic (exact) mass is 202 g/mol. The third-order valence-corrected chi connectivity index (χ3v) is 2.11. The Bertz CT molecular complexity index is 179. The van der Waals surface area contributed by atoms with Crippen LogP contribution in [0.1, 0.15) is 19.8 Å². The number of aliphatic hydroxyl groups excluding tert-OH is 1. The molecule has 0 aliphatic carbocycles. The van der Waals surface area contributed by atoms with E-state index in [0.29, 0.717) is 13.2 Å². The molecule has 1 fully saturated rings. The van der Waals surface area contributed by atoms with Crippen molar-refractivity contribution in [1.82, 2.24) is 10.6 Å². The van der Waals surface area contributed by atoms with Gasteiger partial charge in [-0.25, -0.2) is 4.79 Å². The number of ether oxygens (including phenoxy) is 1. The summed E-state index contributed by atoms with van der Waals surface area (Å²) in [5.74, 6) is 0. The van der Waals surface area contributed by atoms with Crippen LogP contribution in [-0.2, 0) is 4.74 Å². The highest BCUT2D eigenvalue weighted by atomic mass is 16.5. The van der Waals surface area contributed by atoms with E-state index < -0.39 is 6.10 Å². The molecule has 0 saturated carbocycles. The van der Waals surface area contributed by atoms with Crippen LogP contribution in [0, 0.1) is 0 Å². The van der Waals surface area contributed by atoms with Crippen molar-refractivity contribution in [3.63, 3.8) is 0 Å². The van der Waals surface area contributed by atoms with E-state index in [1.165, 1.54) is 0 Å². The molecule has 1 rings (SSSR count). The van der Waals surface area contributed by atoms with Gasteiger partial charge in [0.1, 0.15) is 0 Å². The number of aliphatic hydroxyl groups is 1. The molecule has 1 atom stereocenters. The lowest BCUT2D eigenvalue weighted by molar-refractivity contribution is 0.0798. The molecule has 1 unspecified atom stereocenters. The maximum Gasteiger partial charge on any atom is 0.315 e. The summed E-state index contributed by atoms with van der Waals surface area (Å²) in [5, 5.41) is 14.4. The van der Waals surface area contributed by atoms with Crippen molar-refractivity contribution in [2.45, 2.75) is 31.9 Å². The second-order valence-electron chi connectivity index (χ2n) is 3.59. The highest BCUT2D eigenvalue weighted by Gasteiger charge is 2.15. The maximum absolute atomic E-state index is 11.2. The molecule has 0 aromatic heterocycles. The molecular weight excluding hydrogens is 184 g/mol. The Kier molecular flexibility index (Phi) is 4.69. The zero-order chi connectivity index (χ0) is 10.4. The van der Waals surface area contributed by atoms with E-state index in [1.54, 1.807) is 6.92 Å². The molecule has 14 heavy (non-hydrogen) atoms. The van der Waals surface area contributed by atoms with Crippen LogP contribution < -0.4 is 10.6 Å². The van der Waals surface area contributed by atoms with E-state index >= 15 is 0 Å². The second-order valence-corrected chi connectivity index (χ2v) is 3.59. The fourth-order valence-corrected chi connectivity index (χ4v) is 1.32. The molecule has 0 aromatic carbocycles. The average Bonchev–Trinajstić information content (AvgIpc) is 2.16. The van der Waals surface area contributed by atoms with Gasteiger partial charge in [0.15, 0.2) is 0 Å². The number of hydrogen-bond acceptors (Lipinski definition) is 3. The number of carbonyl (C=O) groups is 1. The standard InChI is InChI=1S/C9H18N2O3/c1-7(12)6-10-9(13)11-8-2-4-14-5-3-8/h7-8,12H,2-6H2,1H3,(H2,10,11,13). The van der Waals surface area contributed by atoms with Crippen LogP contribution in [0.15, 0.2) is 0 Å². The highest BCUT2D eigenvalue weighted by Crippen LogP contribution is 2.05. The summed E-state index contributed by atoms with van der Waals surface area (Å²) in [6.45, 7) is 3.34. The van der Waals surface area contributed by atoms with Crippen molar-refractivity contribution in [3.05, 3.63) is 0 Å². The molecule has 1 aliphatic heterocycles. The smallest absolute Gasteiger partial charge is 0.315 e. The minimum absolute atomic E-state index is 0.206. The topological polar surface area (TPSA) is 70.6 Å². The van der Waals surface area contributed by atoms with Crippen LogP contribution in [0.25, 0.3) is 0 Å². The largest absolute Gasteiger partial charge is 0.392 e. The quantitative estimate of drug-likeness (QED) is 0.596. The van der Waals surface area contributed by atoms with Gasteiger partial charge in [-0.1, -0.05) is 0 Å². The zero-order valence-corrected chi connectivity index (χ0v) is 8.45. The molecule has 0 spiro atoms. The molecule has 82 valence electrons. The summed E-state index contributed by atoms with van der Waals surface area (Å²) in [5.41, 5.74) is 0. The predicted octanol–water partition coefficient (Wildman–Crippen LogP) is -0.155. The molecule has 0 aromatic rings. The van der Waals surface area contributed by atoms with Gasteiger partial charge in [-0.05, 0) is 19.8 Å². The van der Waals surface area contributed by atoms with Gasteiger partial charge in [-0.3, -0.25) is 0 Å². The highest BCUT2D eigenvalue weighted by molar-refractivity contribution is 5.74. The lowest BCUT2D eigenvalue weighted by atomic mass is 10.1. The fraction of sp³-hybridized carbons (Fsp3) is 0.889. The Labute approximate surface area is 83.8 Å². The summed E-state index contributed by atoms with van der Waals surface area (Å²) in [4.78, 5) is 11.2. The Morgan fingerprint density at radius 1 is 1.57 bits per heavy atom. The molecule has 2 amide bonds. The SMILES string of the molecule is CC(O)CNC(=O)NC1CCOCC1. The van der Waals surface area contributed by atoms with Gasteiger partial charge in [0.05, 0.1) is 6.10 Å². The number of amides is 2. The van der Waals surface area contributed by atoms with Crippen molar-refractivity contribution >= 4 is 6.03 Å². The average molecular weight is 202 g/mol. The molecule has 1 saturated heterocycles. The van der Waals surface area contributed by atoms with E-state index in [0.717, 1.165) is 12.8 Å². The van der Waals surface area contributed by atoms with Crippen LogP contribution in [0.4, 0.5) is 4.79 Å². The third-order valence-electron chi connectivity index (χ3n) is 2.11. The van der Waals surface area contributed by atoms with E-state index in [2.05, 4.69) is 10.6 Å². The van der Waals surface area contributed by atoms with Gasteiger partial charge in [-0.2, -0.15) is 0 Å². The predicted molar refractivity (Wildman–Crippen MR) is 52.1 cm³/mol. The van der Waals surface area contributed by atoms with Crippen molar-refractivity contribution in [2.24, 2.45) is 0 Å². The zero-order valence-electron chi connectivity index (χ0n) is 8.45. The minimum Gasteiger partial charge on any atom is -0.392 e. The molecule has 1 aliphatic rings. The summed E-state index contributed by atoms with van der Waals surface area (Å²) in [6, 6.07) is -0.00412. The molecule has 0 radical (unpaired) electrons. The Morgan fingerprint density at radius 3 is 2.79 bits per heavy atom. The van der Waals surface area contributed by atoms with Gasteiger partial charge in [0.2, 0.25) is 0 Å². The normalized spacial score (nSPS) is 20.1.